The zero-order valence-corrected chi connectivity index (χ0v) is 16.3. The van der Waals surface area contributed by atoms with Crippen LogP contribution in [0, 0.1) is 13.8 Å². The predicted octanol–water partition coefficient (Wildman–Crippen LogP) is 4.30. The summed E-state index contributed by atoms with van der Waals surface area (Å²) in [5.41, 5.74) is 9.82. The van der Waals surface area contributed by atoms with Crippen LogP contribution in [0.2, 0.25) is 0 Å². The molecule has 0 spiro atoms. The Kier molecular flexibility index (Phi) is 3.62. The van der Waals surface area contributed by atoms with Gasteiger partial charge in [-0.05, 0) is 54.2 Å². The first-order valence-electron chi connectivity index (χ1n) is 9.70. The van der Waals surface area contributed by atoms with E-state index in [1.165, 1.54) is 44.4 Å². The van der Waals surface area contributed by atoms with E-state index in [0.29, 0.717) is 11.8 Å². The van der Waals surface area contributed by atoms with Crippen molar-refractivity contribution >= 4 is 16.6 Å². The average molecular weight is 359 g/mol. The Morgan fingerprint density at radius 3 is 2.67 bits per heavy atom. The number of aromatic nitrogens is 4. The van der Waals surface area contributed by atoms with Crippen molar-refractivity contribution in [1.29, 1.82) is 0 Å². The van der Waals surface area contributed by atoms with Gasteiger partial charge in [-0.15, -0.1) is 0 Å². The molecule has 0 aliphatic carbocycles. The second kappa shape index (κ2) is 5.92. The molecule has 0 saturated carbocycles. The van der Waals surface area contributed by atoms with Gasteiger partial charge < -0.3 is 10.3 Å². The van der Waals surface area contributed by atoms with Crippen LogP contribution in [0.3, 0.4) is 0 Å². The van der Waals surface area contributed by atoms with Crippen molar-refractivity contribution in [2.45, 2.75) is 39.5 Å². The molecule has 0 radical (unpaired) electrons. The van der Waals surface area contributed by atoms with Crippen LogP contribution in [-0.2, 0) is 0 Å². The minimum Gasteiger partial charge on any atom is -0.354 e. The highest BCUT2D eigenvalue weighted by Gasteiger charge is 2.23. The Balaban J connectivity index is 1.77. The topological polar surface area (TPSA) is 58.0 Å². The van der Waals surface area contributed by atoms with E-state index in [4.69, 9.17) is 0 Å². The number of aryl methyl sites for hydroxylation is 1. The molecule has 5 heteroatoms. The minimum atomic E-state index is 0.426. The number of pyridine rings is 1. The third-order valence-corrected chi connectivity index (χ3v) is 6.09. The molecular formula is C22H25N5. The fourth-order valence-corrected chi connectivity index (χ4v) is 4.27. The molecule has 27 heavy (non-hydrogen) atoms. The lowest BCUT2D eigenvalue weighted by molar-refractivity contribution is 0.449. The van der Waals surface area contributed by atoms with Crippen molar-refractivity contribution < 1.29 is 0 Å². The van der Waals surface area contributed by atoms with Gasteiger partial charge in [-0.1, -0.05) is 19.9 Å². The minimum absolute atomic E-state index is 0.426. The van der Waals surface area contributed by atoms with Crippen molar-refractivity contribution in [2.75, 3.05) is 13.1 Å². The molecule has 0 unspecified atom stereocenters. The Bertz CT molecular complexity index is 1160. The number of fused-ring (bicyclic) bond motifs is 2. The Labute approximate surface area is 158 Å². The standard InChI is InChI=1S/C22H25N5/c1-12(2)20-17-7-15(16-8-23-9-16)5-6-19(17)26-21(20)18-10-27-22(24-11-25-27)14(4)13(18)3/h5-7,10-12,16,23,26H,8-9H2,1-4H3. The molecule has 1 saturated heterocycles. The summed E-state index contributed by atoms with van der Waals surface area (Å²) in [6.45, 7) is 11.0. The van der Waals surface area contributed by atoms with E-state index in [0.717, 1.165) is 18.7 Å². The van der Waals surface area contributed by atoms with Crippen LogP contribution in [0.15, 0.2) is 30.7 Å². The Morgan fingerprint density at radius 2 is 1.96 bits per heavy atom. The largest absolute Gasteiger partial charge is 0.354 e. The lowest BCUT2D eigenvalue weighted by Gasteiger charge is -2.27. The number of H-pyrrole nitrogens is 1. The smallest absolute Gasteiger partial charge is 0.158 e. The molecular weight excluding hydrogens is 334 g/mol. The summed E-state index contributed by atoms with van der Waals surface area (Å²) in [5, 5.41) is 9.10. The molecule has 5 nitrogen and oxygen atoms in total. The number of hydrogen-bond acceptors (Lipinski definition) is 3. The SMILES string of the molecule is Cc1c(-c2[nH]c3ccc(C4CNC4)cc3c2C(C)C)cn2ncnc2c1C. The Hall–Kier alpha value is -2.66. The van der Waals surface area contributed by atoms with E-state index >= 15 is 0 Å². The van der Waals surface area contributed by atoms with E-state index in [9.17, 15) is 0 Å². The van der Waals surface area contributed by atoms with Crippen LogP contribution in [0.4, 0.5) is 0 Å². The summed E-state index contributed by atoms with van der Waals surface area (Å²) in [5.74, 6) is 1.07. The van der Waals surface area contributed by atoms with Crippen molar-refractivity contribution in [3.05, 3.63) is 53.0 Å². The lowest BCUT2D eigenvalue weighted by Crippen LogP contribution is -2.39. The fraction of sp³-hybridized carbons (Fsp3) is 0.364. The van der Waals surface area contributed by atoms with Crippen LogP contribution in [0.25, 0.3) is 27.8 Å². The van der Waals surface area contributed by atoms with Crippen molar-refractivity contribution in [2.24, 2.45) is 0 Å². The summed E-state index contributed by atoms with van der Waals surface area (Å²) in [4.78, 5) is 8.11. The molecule has 138 valence electrons. The van der Waals surface area contributed by atoms with Crippen molar-refractivity contribution in [3.63, 3.8) is 0 Å². The maximum absolute atomic E-state index is 4.40. The second-order valence-electron chi connectivity index (χ2n) is 8.05. The zero-order valence-electron chi connectivity index (χ0n) is 16.3. The van der Waals surface area contributed by atoms with Gasteiger partial charge in [0.15, 0.2) is 5.65 Å². The van der Waals surface area contributed by atoms with E-state index in [2.05, 4.69) is 72.5 Å². The molecule has 1 aromatic carbocycles. The molecule has 2 N–H and O–H groups in total. The third-order valence-electron chi connectivity index (χ3n) is 6.09. The highest BCUT2D eigenvalue weighted by Crippen LogP contribution is 2.39. The summed E-state index contributed by atoms with van der Waals surface area (Å²) in [6, 6.07) is 6.91. The van der Waals surface area contributed by atoms with Gasteiger partial charge in [0.05, 0.1) is 5.69 Å². The maximum Gasteiger partial charge on any atom is 0.158 e. The van der Waals surface area contributed by atoms with Crippen molar-refractivity contribution in [3.8, 4) is 11.3 Å². The number of benzene rings is 1. The van der Waals surface area contributed by atoms with E-state index in [1.807, 2.05) is 4.52 Å². The Morgan fingerprint density at radius 1 is 1.15 bits per heavy atom. The van der Waals surface area contributed by atoms with Crippen LogP contribution < -0.4 is 5.32 Å². The van der Waals surface area contributed by atoms with Crippen molar-refractivity contribution in [1.82, 2.24) is 24.9 Å². The summed E-state index contributed by atoms with van der Waals surface area (Å²) in [6.07, 6.45) is 3.73. The number of nitrogens with zero attached hydrogens (tertiary/aromatic N) is 3. The van der Waals surface area contributed by atoms with Gasteiger partial charge in [-0.2, -0.15) is 5.10 Å². The van der Waals surface area contributed by atoms with Gasteiger partial charge in [0.1, 0.15) is 6.33 Å². The quantitative estimate of drug-likeness (QED) is 0.573. The van der Waals surface area contributed by atoms with Gasteiger partial charge in [0.2, 0.25) is 0 Å². The lowest BCUT2D eigenvalue weighted by atomic mass is 9.90. The summed E-state index contributed by atoms with van der Waals surface area (Å²) in [7, 11) is 0. The molecule has 5 rings (SSSR count). The summed E-state index contributed by atoms with van der Waals surface area (Å²) >= 11 is 0. The van der Waals surface area contributed by atoms with Gasteiger partial charge in [0.25, 0.3) is 0 Å². The predicted molar refractivity (Wildman–Crippen MR) is 109 cm³/mol. The molecule has 1 fully saturated rings. The van der Waals surface area contributed by atoms with Crippen LogP contribution in [0.1, 0.15) is 47.9 Å². The van der Waals surface area contributed by atoms with E-state index in [-0.39, 0.29) is 0 Å². The molecule has 0 atom stereocenters. The zero-order chi connectivity index (χ0) is 18.7. The van der Waals surface area contributed by atoms with E-state index < -0.39 is 0 Å². The number of rotatable bonds is 3. The van der Waals surface area contributed by atoms with Gasteiger partial charge >= 0.3 is 0 Å². The first kappa shape index (κ1) is 16.5. The molecule has 4 aromatic rings. The van der Waals surface area contributed by atoms with Crippen LogP contribution in [0.5, 0.6) is 0 Å². The van der Waals surface area contributed by atoms with Gasteiger partial charge in [0, 0.05) is 41.7 Å². The van der Waals surface area contributed by atoms with E-state index in [1.54, 1.807) is 6.33 Å². The molecule has 0 bridgehead atoms. The van der Waals surface area contributed by atoms with Gasteiger partial charge in [-0.3, -0.25) is 0 Å². The molecule has 1 aliphatic heterocycles. The van der Waals surface area contributed by atoms with Crippen LogP contribution >= 0.6 is 0 Å². The highest BCUT2D eigenvalue weighted by molar-refractivity contribution is 5.92. The molecule has 1 aliphatic rings. The summed E-state index contributed by atoms with van der Waals surface area (Å²) < 4.78 is 1.89. The molecule has 0 amide bonds. The maximum atomic E-state index is 4.40. The average Bonchev–Trinajstić information content (AvgIpc) is 3.20. The first-order chi connectivity index (χ1) is 13.0. The third kappa shape index (κ3) is 2.42. The first-order valence-corrected chi connectivity index (χ1v) is 9.70. The normalized spacial score (nSPS) is 15.1. The fourth-order valence-electron chi connectivity index (χ4n) is 4.27. The highest BCUT2D eigenvalue weighted by atomic mass is 15.3. The van der Waals surface area contributed by atoms with Gasteiger partial charge in [-0.25, -0.2) is 9.50 Å². The number of aromatic amines is 1. The number of hydrogen-bond donors (Lipinski definition) is 2. The molecule has 3 aromatic heterocycles. The monoisotopic (exact) mass is 359 g/mol. The van der Waals surface area contributed by atoms with Crippen LogP contribution in [-0.4, -0.2) is 32.7 Å². The molecule has 4 heterocycles. The number of nitrogens with one attached hydrogen (secondary N) is 2. The second-order valence-corrected chi connectivity index (χ2v) is 8.05.